The molecule has 0 spiro atoms. The van der Waals surface area contributed by atoms with E-state index in [1.54, 1.807) is 56.7 Å². The maximum absolute atomic E-state index is 13.2. The zero-order chi connectivity index (χ0) is 23.7. The SMILES string of the molecule is COc1ccc(N2C(=O)C(=O)/C(=C(\O)c3ccc(OC)c(C)c3)C2c2cccc(C)c2)cc1. The first-order valence-electron chi connectivity index (χ1n) is 10.5. The summed E-state index contributed by atoms with van der Waals surface area (Å²) in [5, 5.41) is 11.3. The summed E-state index contributed by atoms with van der Waals surface area (Å²) >= 11 is 0. The molecular weight excluding hydrogens is 418 g/mol. The van der Waals surface area contributed by atoms with Crippen LogP contribution in [0.1, 0.15) is 28.3 Å². The molecular formula is C27H25NO5. The number of anilines is 1. The van der Waals surface area contributed by atoms with Crippen molar-refractivity contribution < 1.29 is 24.2 Å². The van der Waals surface area contributed by atoms with Gasteiger partial charge in [-0.2, -0.15) is 0 Å². The molecule has 0 aliphatic carbocycles. The van der Waals surface area contributed by atoms with Crippen LogP contribution in [0.3, 0.4) is 0 Å². The van der Waals surface area contributed by atoms with Crippen molar-refractivity contribution in [1.82, 2.24) is 0 Å². The molecule has 1 heterocycles. The summed E-state index contributed by atoms with van der Waals surface area (Å²) in [5.41, 5.74) is 3.54. The number of Topliss-reactive ketones (excluding diaryl/α,β-unsaturated/α-hetero) is 1. The smallest absolute Gasteiger partial charge is 0.300 e. The van der Waals surface area contributed by atoms with Crippen molar-refractivity contribution in [2.75, 3.05) is 19.1 Å². The first-order chi connectivity index (χ1) is 15.8. The van der Waals surface area contributed by atoms with Gasteiger partial charge in [-0.15, -0.1) is 0 Å². The molecule has 168 valence electrons. The quantitative estimate of drug-likeness (QED) is 0.343. The summed E-state index contributed by atoms with van der Waals surface area (Å²) in [6, 6.07) is 18.9. The lowest BCUT2D eigenvalue weighted by atomic mass is 9.94. The average molecular weight is 443 g/mol. The van der Waals surface area contributed by atoms with Crippen LogP contribution in [-0.4, -0.2) is 31.0 Å². The fourth-order valence-electron chi connectivity index (χ4n) is 4.18. The van der Waals surface area contributed by atoms with Crippen LogP contribution in [0.2, 0.25) is 0 Å². The van der Waals surface area contributed by atoms with Crippen LogP contribution in [-0.2, 0) is 9.59 Å². The average Bonchev–Trinajstić information content (AvgIpc) is 3.09. The van der Waals surface area contributed by atoms with E-state index in [-0.39, 0.29) is 11.3 Å². The maximum atomic E-state index is 13.2. The van der Waals surface area contributed by atoms with Crippen molar-refractivity contribution in [2.24, 2.45) is 0 Å². The predicted octanol–water partition coefficient (Wildman–Crippen LogP) is 4.95. The standard InChI is InChI=1S/C27H25NO5/c1-16-6-5-7-18(14-16)24-23(25(29)19-8-13-22(33-4)17(2)15-19)26(30)27(31)28(24)20-9-11-21(32-3)12-10-20/h5-15,24,29H,1-4H3/b25-23-. The van der Waals surface area contributed by atoms with Crippen LogP contribution in [0.5, 0.6) is 11.5 Å². The lowest BCUT2D eigenvalue weighted by molar-refractivity contribution is -0.132. The molecule has 1 amide bonds. The van der Waals surface area contributed by atoms with E-state index in [0.717, 1.165) is 16.7 Å². The molecule has 1 aliphatic rings. The fraction of sp³-hybridized carbons (Fsp3) is 0.185. The van der Waals surface area contributed by atoms with Crippen molar-refractivity contribution in [2.45, 2.75) is 19.9 Å². The Bertz CT molecular complexity index is 1260. The zero-order valence-electron chi connectivity index (χ0n) is 19.0. The number of rotatable bonds is 5. The van der Waals surface area contributed by atoms with Crippen LogP contribution < -0.4 is 14.4 Å². The summed E-state index contributed by atoms with van der Waals surface area (Å²) in [6.07, 6.45) is 0. The number of benzene rings is 3. The largest absolute Gasteiger partial charge is 0.507 e. The lowest BCUT2D eigenvalue weighted by Crippen LogP contribution is -2.29. The van der Waals surface area contributed by atoms with Gasteiger partial charge in [-0.1, -0.05) is 29.8 Å². The fourth-order valence-corrected chi connectivity index (χ4v) is 4.18. The minimum absolute atomic E-state index is 0.0472. The van der Waals surface area contributed by atoms with E-state index >= 15 is 0 Å². The summed E-state index contributed by atoms with van der Waals surface area (Å²) in [7, 11) is 3.13. The number of aliphatic hydroxyl groups is 1. The topological polar surface area (TPSA) is 76.1 Å². The predicted molar refractivity (Wildman–Crippen MR) is 127 cm³/mol. The number of carbonyl (C=O) groups is 2. The molecule has 33 heavy (non-hydrogen) atoms. The molecule has 3 aromatic rings. The molecule has 0 bridgehead atoms. The minimum atomic E-state index is -0.777. The number of aryl methyl sites for hydroxylation is 2. The zero-order valence-corrected chi connectivity index (χ0v) is 19.0. The number of ketones is 1. The lowest BCUT2D eigenvalue weighted by Gasteiger charge is -2.26. The Morgan fingerprint density at radius 1 is 0.909 bits per heavy atom. The molecule has 0 saturated carbocycles. The highest BCUT2D eigenvalue weighted by molar-refractivity contribution is 6.51. The second kappa shape index (κ2) is 8.82. The van der Waals surface area contributed by atoms with Gasteiger partial charge in [0.2, 0.25) is 0 Å². The van der Waals surface area contributed by atoms with Gasteiger partial charge in [0.05, 0.1) is 25.8 Å². The third-order valence-electron chi connectivity index (χ3n) is 5.82. The Morgan fingerprint density at radius 2 is 1.64 bits per heavy atom. The summed E-state index contributed by atoms with van der Waals surface area (Å²) in [4.78, 5) is 27.9. The Kier molecular flexibility index (Phi) is 5.92. The van der Waals surface area contributed by atoms with E-state index in [9.17, 15) is 14.7 Å². The Morgan fingerprint density at radius 3 is 2.24 bits per heavy atom. The first-order valence-corrected chi connectivity index (χ1v) is 10.5. The van der Waals surface area contributed by atoms with Crippen molar-refractivity contribution in [3.63, 3.8) is 0 Å². The second-order valence-electron chi connectivity index (χ2n) is 7.97. The normalized spacial score (nSPS) is 17.3. The summed E-state index contributed by atoms with van der Waals surface area (Å²) in [5.74, 6) is -0.347. The second-order valence-corrected chi connectivity index (χ2v) is 7.97. The molecule has 0 aromatic heterocycles. The van der Waals surface area contributed by atoms with Gasteiger partial charge in [-0.3, -0.25) is 14.5 Å². The van der Waals surface area contributed by atoms with Gasteiger partial charge < -0.3 is 14.6 Å². The summed E-state index contributed by atoms with van der Waals surface area (Å²) < 4.78 is 10.5. The highest BCUT2D eigenvalue weighted by Crippen LogP contribution is 2.42. The number of nitrogens with zero attached hydrogens (tertiary/aromatic N) is 1. The van der Waals surface area contributed by atoms with E-state index < -0.39 is 17.7 Å². The number of methoxy groups -OCH3 is 2. The summed E-state index contributed by atoms with van der Waals surface area (Å²) in [6.45, 7) is 3.79. The van der Waals surface area contributed by atoms with Gasteiger partial charge in [0.1, 0.15) is 17.3 Å². The number of hydrogen-bond acceptors (Lipinski definition) is 5. The minimum Gasteiger partial charge on any atom is -0.507 e. The van der Waals surface area contributed by atoms with Crippen LogP contribution in [0.15, 0.2) is 72.3 Å². The molecule has 6 heteroatoms. The number of ether oxygens (including phenoxy) is 2. The third-order valence-corrected chi connectivity index (χ3v) is 5.82. The molecule has 1 fully saturated rings. The number of amides is 1. The molecule has 1 unspecified atom stereocenters. The highest BCUT2D eigenvalue weighted by atomic mass is 16.5. The number of carbonyl (C=O) groups excluding carboxylic acids is 2. The van der Waals surface area contributed by atoms with Gasteiger partial charge >= 0.3 is 0 Å². The molecule has 1 N–H and O–H groups in total. The Labute approximate surface area is 192 Å². The van der Waals surface area contributed by atoms with Crippen molar-refractivity contribution >= 4 is 23.1 Å². The first kappa shape index (κ1) is 22.1. The molecule has 1 saturated heterocycles. The third kappa shape index (κ3) is 3.96. The van der Waals surface area contributed by atoms with E-state index in [4.69, 9.17) is 9.47 Å². The number of hydrogen-bond donors (Lipinski definition) is 1. The molecule has 1 aliphatic heterocycles. The van der Waals surface area contributed by atoms with Crippen LogP contribution >= 0.6 is 0 Å². The van der Waals surface area contributed by atoms with Gasteiger partial charge in [-0.05, 0) is 67.4 Å². The van der Waals surface area contributed by atoms with E-state index in [1.165, 1.54) is 4.90 Å². The Balaban J connectivity index is 1.92. The van der Waals surface area contributed by atoms with E-state index in [2.05, 4.69) is 0 Å². The maximum Gasteiger partial charge on any atom is 0.300 e. The molecule has 3 aromatic carbocycles. The van der Waals surface area contributed by atoms with Crippen LogP contribution in [0, 0.1) is 13.8 Å². The van der Waals surface area contributed by atoms with Gasteiger partial charge in [0.25, 0.3) is 11.7 Å². The number of aliphatic hydroxyl groups excluding tert-OH is 1. The molecule has 4 rings (SSSR count). The van der Waals surface area contributed by atoms with Crippen LogP contribution in [0.4, 0.5) is 5.69 Å². The van der Waals surface area contributed by atoms with Crippen molar-refractivity contribution in [3.05, 3.63) is 94.6 Å². The Hall–Kier alpha value is -4.06. The van der Waals surface area contributed by atoms with Gasteiger partial charge in [-0.25, -0.2) is 0 Å². The van der Waals surface area contributed by atoms with E-state index in [0.29, 0.717) is 22.7 Å². The highest BCUT2D eigenvalue weighted by Gasteiger charge is 2.47. The van der Waals surface area contributed by atoms with Gasteiger partial charge in [0, 0.05) is 11.3 Å². The van der Waals surface area contributed by atoms with Crippen molar-refractivity contribution in [1.29, 1.82) is 0 Å². The van der Waals surface area contributed by atoms with Gasteiger partial charge in [0.15, 0.2) is 0 Å². The van der Waals surface area contributed by atoms with E-state index in [1.807, 2.05) is 38.1 Å². The monoisotopic (exact) mass is 443 g/mol. The van der Waals surface area contributed by atoms with Crippen LogP contribution in [0.25, 0.3) is 5.76 Å². The molecule has 1 atom stereocenters. The molecule has 6 nitrogen and oxygen atoms in total. The van der Waals surface area contributed by atoms with Crippen molar-refractivity contribution in [3.8, 4) is 11.5 Å². The molecule has 0 radical (unpaired) electrons.